The van der Waals surface area contributed by atoms with E-state index in [2.05, 4.69) is 40.2 Å². The maximum Gasteiger partial charge on any atom is 0.141 e. The molecule has 0 saturated heterocycles. The molecule has 1 aromatic carbocycles. The van der Waals surface area contributed by atoms with Crippen LogP contribution in [-0.2, 0) is 0 Å². The third-order valence-corrected chi connectivity index (χ3v) is 3.04. The SMILES string of the molecule is CN(C)CCCNCCOc1ccc(Br)c(F)c1. The summed E-state index contributed by atoms with van der Waals surface area (Å²) in [6.45, 7) is 3.36. The zero-order valence-electron chi connectivity index (χ0n) is 10.9. The molecule has 0 aliphatic rings. The van der Waals surface area contributed by atoms with E-state index in [0.29, 0.717) is 16.8 Å². The minimum atomic E-state index is -0.300. The van der Waals surface area contributed by atoms with E-state index in [-0.39, 0.29) is 5.82 Å². The molecule has 0 radical (unpaired) electrons. The fraction of sp³-hybridized carbons (Fsp3) is 0.538. The second-order valence-electron chi connectivity index (χ2n) is 4.33. The van der Waals surface area contributed by atoms with Crippen LogP contribution in [0.3, 0.4) is 0 Å². The first-order valence-corrected chi connectivity index (χ1v) is 6.82. The summed E-state index contributed by atoms with van der Waals surface area (Å²) < 4.78 is 19.1. The van der Waals surface area contributed by atoms with Crippen molar-refractivity contribution in [2.24, 2.45) is 0 Å². The Morgan fingerprint density at radius 1 is 1.33 bits per heavy atom. The van der Waals surface area contributed by atoms with E-state index < -0.39 is 0 Å². The van der Waals surface area contributed by atoms with Gasteiger partial charge in [0, 0.05) is 12.6 Å². The minimum absolute atomic E-state index is 0.300. The van der Waals surface area contributed by atoms with Crippen LogP contribution in [0.2, 0.25) is 0 Å². The number of ether oxygens (including phenoxy) is 1. The van der Waals surface area contributed by atoms with Crippen molar-refractivity contribution < 1.29 is 9.13 Å². The quantitative estimate of drug-likeness (QED) is 0.745. The first kappa shape index (κ1) is 15.4. The summed E-state index contributed by atoms with van der Waals surface area (Å²) in [6, 6.07) is 4.78. The van der Waals surface area contributed by atoms with Gasteiger partial charge < -0.3 is 15.0 Å². The van der Waals surface area contributed by atoms with Crippen LogP contribution in [0.25, 0.3) is 0 Å². The van der Waals surface area contributed by atoms with Crippen LogP contribution in [0.1, 0.15) is 6.42 Å². The molecular formula is C13H20BrFN2O. The Hall–Kier alpha value is -0.650. The van der Waals surface area contributed by atoms with Crippen LogP contribution in [-0.4, -0.2) is 45.2 Å². The van der Waals surface area contributed by atoms with Gasteiger partial charge in [0.25, 0.3) is 0 Å². The molecule has 18 heavy (non-hydrogen) atoms. The molecule has 102 valence electrons. The standard InChI is InChI=1S/C13H20BrFN2O/c1-17(2)8-3-6-16-7-9-18-11-4-5-12(14)13(15)10-11/h4-5,10,16H,3,6-9H2,1-2H3. The first-order chi connectivity index (χ1) is 8.59. The number of hydrogen-bond donors (Lipinski definition) is 1. The van der Waals surface area contributed by atoms with Gasteiger partial charge in [0.2, 0.25) is 0 Å². The van der Waals surface area contributed by atoms with Crippen molar-refractivity contribution in [1.82, 2.24) is 10.2 Å². The molecule has 1 aromatic rings. The maximum absolute atomic E-state index is 13.2. The highest BCUT2D eigenvalue weighted by Gasteiger charge is 2.00. The molecule has 0 aliphatic carbocycles. The van der Waals surface area contributed by atoms with E-state index in [4.69, 9.17) is 4.74 Å². The third-order valence-electron chi connectivity index (χ3n) is 2.40. The fourth-order valence-electron chi connectivity index (χ4n) is 1.45. The zero-order valence-corrected chi connectivity index (χ0v) is 12.5. The predicted octanol–water partition coefficient (Wildman–Crippen LogP) is 2.51. The van der Waals surface area contributed by atoms with E-state index >= 15 is 0 Å². The Morgan fingerprint density at radius 2 is 2.11 bits per heavy atom. The molecule has 0 aromatic heterocycles. The van der Waals surface area contributed by atoms with Crippen molar-refractivity contribution in [3.05, 3.63) is 28.5 Å². The van der Waals surface area contributed by atoms with Gasteiger partial charge >= 0.3 is 0 Å². The minimum Gasteiger partial charge on any atom is -0.492 e. The van der Waals surface area contributed by atoms with Crippen molar-refractivity contribution in [2.45, 2.75) is 6.42 Å². The third kappa shape index (κ3) is 6.33. The van der Waals surface area contributed by atoms with Gasteiger partial charge in [-0.2, -0.15) is 0 Å². The summed E-state index contributed by atoms with van der Waals surface area (Å²) in [5.74, 6) is 0.261. The second-order valence-corrected chi connectivity index (χ2v) is 5.19. The molecule has 0 spiro atoms. The Balaban J connectivity index is 2.09. The lowest BCUT2D eigenvalue weighted by molar-refractivity contribution is 0.309. The average Bonchev–Trinajstić information content (AvgIpc) is 2.32. The van der Waals surface area contributed by atoms with E-state index in [1.54, 1.807) is 12.1 Å². The summed E-state index contributed by atoms with van der Waals surface area (Å²) in [5, 5.41) is 3.28. The van der Waals surface area contributed by atoms with E-state index in [1.807, 2.05) is 0 Å². The largest absolute Gasteiger partial charge is 0.492 e. The van der Waals surface area contributed by atoms with Gasteiger partial charge in [0.15, 0.2) is 0 Å². The van der Waals surface area contributed by atoms with E-state index in [9.17, 15) is 4.39 Å². The van der Waals surface area contributed by atoms with Crippen molar-refractivity contribution >= 4 is 15.9 Å². The highest BCUT2D eigenvalue weighted by molar-refractivity contribution is 9.10. The van der Waals surface area contributed by atoms with Crippen molar-refractivity contribution in [1.29, 1.82) is 0 Å². The molecule has 0 aliphatic heterocycles. The number of rotatable bonds is 8. The second kappa shape index (κ2) is 8.45. The number of benzene rings is 1. The zero-order chi connectivity index (χ0) is 13.4. The van der Waals surface area contributed by atoms with Gasteiger partial charge in [-0.1, -0.05) is 0 Å². The topological polar surface area (TPSA) is 24.5 Å². The molecule has 3 nitrogen and oxygen atoms in total. The highest BCUT2D eigenvalue weighted by Crippen LogP contribution is 2.20. The van der Waals surface area contributed by atoms with E-state index in [0.717, 1.165) is 26.1 Å². The Labute approximate surface area is 116 Å². The van der Waals surface area contributed by atoms with Gasteiger partial charge in [0.05, 0.1) is 4.47 Å². The molecule has 0 saturated carbocycles. The van der Waals surface area contributed by atoms with Crippen LogP contribution in [0, 0.1) is 5.82 Å². The smallest absolute Gasteiger partial charge is 0.141 e. The Kier molecular flexibility index (Phi) is 7.23. The van der Waals surface area contributed by atoms with Crippen molar-refractivity contribution in [3.63, 3.8) is 0 Å². The molecule has 0 unspecified atom stereocenters. The lowest BCUT2D eigenvalue weighted by Gasteiger charge is -2.10. The van der Waals surface area contributed by atoms with Crippen LogP contribution in [0.15, 0.2) is 22.7 Å². The maximum atomic E-state index is 13.2. The van der Waals surface area contributed by atoms with Crippen LogP contribution >= 0.6 is 15.9 Å². The fourth-order valence-corrected chi connectivity index (χ4v) is 1.70. The average molecular weight is 319 g/mol. The number of nitrogens with one attached hydrogen (secondary N) is 1. The van der Waals surface area contributed by atoms with Gasteiger partial charge in [-0.05, 0) is 61.7 Å². The molecule has 0 bridgehead atoms. The van der Waals surface area contributed by atoms with Gasteiger partial charge in [-0.15, -0.1) is 0 Å². The van der Waals surface area contributed by atoms with Crippen molar-refractivity contribution in [2.75, 3.05) is 40.3 Å². The summed E-state index contributed by atoms with van der Waals surface area (Å²) in [5.41, 5.74) is 0. The summed E-state index contributed by atoms with van der Waals surface area (Å²) in [7, 11) is 4.12. The monoisotopic (exact) mass is 318 g/mol. The van der Waals surface area contributed by atoms with E-state index in [1.165, 1.54) is 6.07 Å². The van der Waals surface area contributed by atoms with Gasteiger partial charge in [0.1, 0.15) is 18.2 Å². The molecule has 1 N–H and O–H groups in total. The lowest BCUT2D eigenvalue weighted by Crippen LogP contribution is -2.25. The Morgan fingerprint density at radius 3 is 2.78 bits per heavy atom. The Bertz CT molecular complexity index is 361. The highest BCUT2D eigenvalue weighted by atomic mass is 79.9. The predicted molar refractivity (Wildman–Crippen MR) is 75.6 cm³/mol. The normalized spacial score (nSPS) is 10.9. The molecule has 0 heterocycles. The number of nitrogens with zero attached hydrogens (tertiary/aromatic N) is 1. The summed E-state index contributed by atoms with van der Waals surface area (Å²) in [4.78, 5) is 2.16. The van der Waals surface area contributed by atoms with Crippen LogP contribution in [0.4, 0.5) is 4.39 Å². The number of halogens is 2. The molecule has 5 heteroatoms. The molecular weight excluding hydrogens is 299 g/mol. The molecule has 0 amide bonds. The summed E-state index contributed by atoms with van der Waals surface area (Å²) >= 11 is 3.10. The molecule has 0 fully saturated rings. The summed E-state index contributed by atoms with van der Waals surface area (Å²) in [6.07, 6.45) is 1.11. The van der Waals surface area contributed by atoms with Gasteiger partial charge in [-0.25, -0.2) is 4.39 Å². The van der Waals surface area contributed by atoms with Gasteiger partial charge in [-0.3, -0.25) is 0 Å². The molecule has 1 rings (SSSR count). The van der Waals surface area contributed by atoms with Crippen molar-refractivity contribution in [3.8, 4) is 5.75 Å². The number of hydrogen-bond acceptors (Lipinski definition) is 3. The van der Waals surface area contributed by atoms with Crippen LogP contribution < -0.4 is 10.1 Å². The van der Waals surface area contributed by atoms with Crippen LogP contribution in [0.5, 0.6) is 5.75 Å². The lowest BCUT2D eigenvalue weighted by atomic mass is 10.3. The first-order valence-electron chi connectivity index (χ1n) is 6.03. The molecule has 0 atom stereocenters.